The Balaban J connectivity index is 2.52. The lowest BCUT2D eigenvalue weighted by molar-refractivity contribution is -0.142. The van der Waals surface area contributed by atoms with Gasteiger partial charge in [0, 0.05) is 7.05 Å². The average molecular weight is 215 g/mol. The number of esters is 1. The van der Waals surface area contributed by atoms with Crippen LogP contribution in [0.25, 0.3) is 0 Å². The average Bonchev–Trinajstić information content (AvgIpc) is 2.52. The highest BCUT2D eigenvalue weighted by atomic mass is 32.2. The Labute approximate surface area is 86.8 Å². The normalized spacial score (nSPS) is 12.5. The lowest BCUT2D eigenvalue weighted by Gasteiger charge is -2.08. The molecule has 1 aromatic rings. The molecule has 6 heteroatoms. The predicted molar refractivity (Wildman–Crippen MR) is 53.0 cm³/mol. The standard InChI is InChI=1S/C8H13N3O2S/c1-4-13-7(12)6(2)14-8-10-9-5-11(8)3/h5-6H,4H2,1-3H3. The van der Waals surface area contributed by atoms with E-state index in [9.17, 15) is 4.79 Å². The predicted octanol–water partition coefficient (Wildman–Crippen LogP) is 0.859. The summed E-state index contributed by atoms with van der Waals surface area (Å²) in [4.78, 5) is 11.3. The second-order valence-electron chi connectivity index (χ2n) is 2.74. The Morgan fingerprint density at radius 3 is 3.00 bits per heavy atom. The first-order chi connectivity index (χ1) is 6.65. The molecule has 0 bridgehead atoms. The Bertz CT molecular complexity index is 313. The van der Waals surface area contributed by atoms with Crippen LogP contribution in [0, 0.1) is 0 Å². The fourth-order valence-electron chi connectivity index (χ4n) is 0.845. The van der Waals surface area contributed by atoms with Gasteiger partial charge in [0.2, 0.25) is 0 Å². The molecule has 0 aliphatic rings. The van der Waals surface area contributed by atoms with Crippen LogP contribution in [-0.4, -0.2) is 32.6 Å². The second-order valence-corrected chi connectivity index (χ2v) is 4.04. The highest BCUT2D eigenvalue weighted by Crippen LogP contribution is 2.20. The van der Waals surface area contributed by atoms with Crippen molar-refractivity contribution < 1.29 is 9.53 Å². The molecular weight excluding hydrogens is 202 g/mol. The maximum Gasteiger partial charge on any atom is 0.319 e. The van der Waals surface area contributed by atoms with Crippen LogP contribution in [0.3, 0.4) is 0 Å². The van der Waals surface area contributed by atoms with E-state index in [-0.39, 0.29) is 11.2 Å². The molecule has 1 rings (SSSR count). The van der Waals surface area contributed by atoms with Crippen molar-refractivity contribution in [1.29, 1.82) is 0 Å². The molecule has 78 valence electrons. The van der Waals surface area contributed by atoms with Gasteiger partial charge in [0.25, 0.3) is 0 Å². The van der Waals surface area contributed by atoms with Gasteiger partial charge in [-0.25, -0.2) is 0 Å². The van der Waals surface area contributed by atoms with Crippen molar-refractivity contribution in [2.24, 2.45) is 7.05 Å². The number of aryl methyl sites for hydroxylation is 1. The van der Waals surface area contributed by atoms with Crippen molar-refractivity contribution in [3.8, 4) is 0 Å². The van der Waals surface area contributed by atoms with Crippen molar-refractivity contribution in [2.75, 3.05) is 6.61 Å². The Morgan fingerprint density at radius 2 is 2.50 bits per heavy atom. The number of ether oxygens (including phenoxy) is 1. The molecule has 1 unspecified atom stereocenters. The molecule has 1 atom stereocenters. The lowest BCUT2D eigenvalue weighted by atomic mass is 10.5. The van der Waals surface area contributed by atoms with Crippen LogP contribution in [0.4, 0.5) is 0 Å². The Morgan fingerprint density at radius 1 is 1.79 bits per heavy atom. The molecule has 0 aromatic carbocycles. The zero-order valence-electron chi connectivity index (χ0n) is 8.43. The molecule has 0 aliphatic carbocycles. The van der Waals surface area contributed by atoms with Gasteiger partial charge in [-0.2, -0.15) is 0 Å². The summed E-state index contributed by atoms with van der Waals surface area (Å²) >= 11 is 1.34. The SMILES string of the molecule is CCOC(=O)C(C)Sc1nncn1C. The van der Waals surface area contributed by atoms with E-state index in [1.54, 1.807) is 24.7 Å². The molecule has 0 aliphatic heterocycles. The van der Waals surface area contributed by atoms with E-state index in [0.29, 0.717) is 11.8 Å². The van der Waals surface area contributed by atoms with Crippen LogP contribution in [0.2, 0.25) is 0 Å². The van der Waals surface area contributed by atoms with Gasteiger partial charge in [0.05, 0.1) is 6.61 Å². The van der Waals surface area contributed by atoms with Gasteiger partial charge in [0.15, 0.2) is 5.16 Å². The summed E-state index contributed by atoms with van der Waals surface area (Å²) in [5.74, 6) is -0.222. The molecule has 14 heavy (non-hydrogen) atoms. The molecule has 1 heterocycles. The van der Waals surface area contributed by atoms with E-state index in [4.69, 9.17) is 4.74 Å². The third-order valence-corrected chi connectivity index (χ3v) is 2.70. The molecule has 1 aromatic heterocycles. The number of nitrogens with zero attached hydrogens (tertiary/aromatic N) is 3. The zero-order chi connectivity index (χ0) is 10.6. The first-order valence-electron chi connectivity index (χ1n) is 4.32. The number of hydrogen-bond acceptors (Lipinski definition) is 5. The smallest absolute Gasteiger partial charge is 0.319 e. The van der Waals surface area contributed by atoms with E-state index in [0.717, 1.165) is 0 Å². The quantitative estimate of drug-likeness (QED) is 0.550. The lowest BCUT2D eigenvalue weighted by Crippen LogP contribution is -2.17. The van der Waals surface area contributed by atoms with E-state index >= 15 is 0 Å². The zero-order valence-corrected chi connectivity index (χ0v) is 9.24. The number of aromatic nitrogens is 3. The van der Waals surface area contributed by atoms with Crippen molar-refractivity contribution in [3.63, 3.8) is 0 Å². The third-order valence-electron chi connectivity index (χ3n) is 1.57. The number of carbonyl (C=O) groups excluding carboxylic acids is 1. The molecule has 0 spiro atoms. The highest BCUT2D eigenvalue weighted by Gasteiger charge is 2.17. The van der Waals surface area contributed by atoms with Crippen molar-refractivity contribution >= 4 is 17.7 Å². The van der Waals surface area contributed by atoms with Gasteiger partial charge in [-0.3, -0.25) is 4.79 Å². The second kappa shape index (κ2) is 4.99. The van der Waals surface area contributed by atoms with Crippen molar-refractivity contribution in [3.05, 3.63) is 6.33 Å². The van der Waals surface area contributed by atoms with Crippen LogP contribution in [0.1, 0.15) is 13.8 Å². The van der Waals surface area contributed by atoms with E-state index in [1.807, 2.05) is 7.05 Å². The summed E-state index contributed by atoms with van der Waals surface area (Å²) in [5.41, 5.74) is 0. The first-order valence-corrected chi connectivity index (χ1v) is 5.20. The molecular formula is C8H13N3O2S. The molecule has 0 N–H and O–H groups in total. The molecule has 0 fully saturated rings. The third kappa shape index (κ3) is 2.73. The summed E-state index contributed by atoms with van der Waals surface area (Å²) in [6.07, 6.45) is 1.60. The molecule has 0 saturated heterocycles. The Kier molecular flexibility index (Phi) is 3.94. The maximum atomic E-state index is 11.3. The minimum atomic E-state index is -0.252. The van der Waals surface area contributed by atoms with E-state index in [2.05, 4.69) is 10.2 Å². The molecule has 5 nitrogen and oxygen atoms in total. The van der Waals surface area contributed by atoms with E-state index < -0.39 is 0 Å². The van der Waals surface area contributed by atoms with Gasteiger partial charge < -0.3 is 9.30 Å². The van der Waals surface area contributed by atoms with Gasteiger partial charge in [0.1, 0.15) is 11.6 Å². The van der Waals surface area contributed by atoms with Gasteiger partial charge in [-0.1, -0.05) is 11.8 Å². The minimum Gasteiger partial charge on any atom is -0.465 e. The Hall–Kier alpha value is -1.04. The molecule has 0 amide bonds. The molecule has 0 radical (unpaired) electrons. The van der Waals surface area contributed by atoms with Crippen molar-refractivity contribution in [2.45, 2.75) is 24.3 Å². The van der Waals surface area contributed by atoms with Gasteiger partial charge >= 0.3 is 5.97 Å². The maximum absolute atomic E-state index is 11.3. The van der Waals surface area contributed by atoms with E-state index in [1.165, 1.54) is 11.8 Å². The number of thioether (sulfide) groups is 1. The summed E-state index contributed by atoms with van der Waals surface area (Å²) < 4.78 is 6.64. The van der Waals surface area contributed by atoms with Crippen LogP contribution in [0.5, 0.6) is 0 Å². The van der Waals surface area contributed by atoms with Crippen LogP contribution >= 0.6 is 11.8 Å². The highest BCUT2D eigenvalue weighted by molar-refractivity contribution is 8.00. The minimum absolute atomic E-state index is 0.222. The monoisotopic (exact) mass is 215 g/mol. The fraction of sp³-hybridized carbons (Fsp3) is 0.625. The summed E-state index contributed by atoms with van der Waals surface area (Å²) in [7, 11) is 1.83. The topological polar surface area (TPSA) is 57.0 Å². The van der Waals surface area contributed by atoms with Crippen LogP contribution < -0.4 is 0 Å². The largest absolute Gasteiger partial charge is 0.465 e. The number of carbonyl (C=O) groups is 1. The van der Waals surface area contributed by atoms with Crippen molar-refractivity contribution in [1.82, 2.24) is 14.8 Å². The van der Waals surface area contributed by atoms with Gasteiger partial charge in [-0.05, 0) is 13.8 Å². The van der Waals surface area contributed by atoms with Gasteiger partial charge in [-0.15, -0.1) is 10.2 Å². The fourth-order valence-corrected chi connectivity index (χ4v) is 1.63. The first kappa shape index (κ1) is 11.0. The van der Waals surface area contributed by atoms with Crippen LogP contribution in [0.15, 0.2) is 11.5 Å². The summed E-state index contributed by atoms with van der Waals surface area (Å²) in [5, 5.41) is 8.05. The molecule has 0 saturated carbocycles. The summed E-state index contributed by atoms with van der Waals surface area (Å²) in [6, 6.07) is 0. The van der Waals surface area contributed by atoms with Crippen LogP contribution in [-0.2, 0) is 16.6 Å². The summed E-state index contributed by atoms with van der Waals surface area (Å²) in [6.45, 7) is 3.98. The number of hydrogen-bond donors (Lipinski definition) is 0. The number of rotatable bonds is 4.